The minimum atomic E-state index is -0.0553. The van der Waals surface area contributed by atoms with E-state index in [1.165, 1.54) is 4.68 Å². The smallest absolute Gasteiger partial charge is 0.313 e. The molecule has 0 bridgehead atoms. The summed E-state index contributed by atoms with van der Waals surface area (Å²) in [5.74, 6) is 0.782. The predicted molar refractivity (Wildman–Crippen MR) is 62.0 cm³/mol. The van der Waals surface area contributed by atoms with E-state index < -0.39 is 0 Å². The van der Waals surface area contributed by atoms with E-state index >= 15 is 0 Å². The van der Waals surface area contributed by atoms with Crippen LogP contribution in [0.4, 0.5) is 0 Å². The lowest BCUT2D eigenvalue weighted by atomic mass is 10.4. The van der Waals surface area contributed by atoms with Gasteiger partial charge in [-0.2, -0.15) is 5.10 Å². The summed E-state index contributed by atoms with van der Waals surface area (Å²) in [6.45, 7) is 8.57. The highest BCUT2D eigenvalue weighted by Gasteiger charge is 2.12. The summed E-state index contributed by atoms with van der Waals surface area (Å²) in [6, 6.07) is 0.157. The van der Waals surface area contributed by atoms with Gasteiger partial charge >= 0.3 is 5.69 Å². The molecule has 1 aromatic rings. The molecule has 5 heteroatoms. The van der Waals surface area contributed by atoms with Gasteiger partial charge in [-0.25, -0.2) is 9.48 Å². The third-order valence-electron chi connectivity index (χ3n) is 1.88. The Labute approximate surface area is 91.1 Å². The second-order valence-corrected chi connectivity index (χ2v) is 3.32. The number of aryl methyl sites for hydroxylation is 1. The van der Waals surface area contributed by atoms with Crippen molar-refractivity contribution in [3.63, 3.8) is 0 Å². The van der Waals surface area contributed by atoms with Crippen LogP contribution in [0, 0.1) is 0 Å². The molecule has 15 heavy (non-hydrogen) atoms. The van der Waals surface area contributed by atoms with Gasteiger partial charge in [0.05, 0.1) is 6.54 Å². The first-order chi connectivity index (χ1) is 7.07. The van der Waals surface area contributed by atoms with Crippen LogP contribution in [0.1, 0.15) is 39.6 Å². The topological polar surface area (TPSA) is 51.9 Å². The van der Waals surface area contributed by atoms with Crippen LogP contribution in [-0.4, -0.2) is 21.4 Å². The molecular weight excluding hydrogens is 192 g/mol. The molecule has 5 nitrogen and oxygen atoms in total. The molecule has 0 saturated heterocycles. The highest BCUT2D eigenvalue weighted by molar-refractivity contribution is 4.88. The summed E-state index contributed by atoms with van der Waals surface area (Å²) in [5.41, 5.74) is -0.0553. The molecule has 0 aliphatic rings. The molecule has 0 amide bonds. The van der Waals surface area contributed by atoms with Crippen molar-refractivity contribution < 1.29 is 0 Å². The standard InChI is InChI=1S/C8H16N4O.C2H6/c1-6(2)12-7(5-9-3)10-11(4)8(12)13;1-2/h6,9H,5H2,1-4H3;1-2H3. The molecule has 0 atom stereocenters. The zero-order valence-electron chi connectivity index (χ0n) is 10.5. The maximum absolute atomic E-state index is 11.5. The Hall–Kier alpha value is -1.10. The number of rotatable bonds is 3. The molecule has 0 spiro atoms. The zero-order chi connectivity index (χ0) is 12.0. The van der Waals surface area contributed by atoms with Crippen LogP contribution in [0.15, 0.2) is 4.79 Å². The molecule has 0 radical (unpaired) electrons. The molecule has 0 aromatic carbocycles. The maximum Gasteiger partial charge on any atom is 0.345 e. The summed E-state index contributed by atoms with van der Waals surface area (Å²) in [4.78, 5) is 11.5. The van der Waals surface area contributed by atoms with Crippen molar-refractivity contribution in [1.29, 1.82) is 0 Å². The second kappa shape index (κ2) is 6.40. The molecule has 1 rings (SSSR count). The van der Waals surface area contributed by atoms with Crippen molar-refractivity contribution in [2.75, 3.05) is 7.05 Å². The van der Waals surface area contributed by atoms with E-state index in [0.29, 0.717) is 6.54 Å². The molecule has 88 valence electrons. The third kappa shape index (κ3) is 3.20. The van der Waals surface area contributed by atoms with E-state index in [4.69, 9.17) is 0 Å². The number of aromatic nitrogens is 3. The quantitative estimate of drug-likeness (QED) is 0.813. The van der Waals surface area contributed by atoms with Crippen molar-refractivity contribution >= 4 is 0 Å². The molecule has 0 aliphatic carbocycles. The Morgan fingerprint density at radius 1 is 1.40 bits per heavy atom. The average Bonchev–Trinajstić information content (AvgIpc) is 2.46. The first-order valence-electron chi connectivity index (χ1n) is 5.37. The lowest BCUT2D eigenvalue weighted by Crippen LogP contribution is -2.25. The summed E-state index contributed by atoms with van der Waals surface area (Å²) in [7, 11) is 3.50. The van der Waals surface area contributed by atoms with Gasteiger partial charge in [0.15, 0.2) is 0 Å². The average molecular weight is 214 g/mol. The first kappa shape index (κ1) is 13.9. The number of hydrogen-bond donors (Lipinski definition) is 1. The molecule has 0 saturated carbocycles. The summed E-state index contributed by atoms with van der Waals surface area (Å²) < 4.78 is 3.06. The van der Waals surface area contributed by atoms with Gasteiger partial charge in [-0.15, -0.1) is 0 Å². The van der Waals surface area contributed by atoms with Crippen LogP contribution in [0.2, 0.25) is 0 Å². The van der Waals surface area contributed by atoms with Crippen LogP contribution in [0.25, 0.3) is 0 Å². The first-order valence-corrected chi connectivity index (χ1v) is 5.37. The number of nitrogens with zero attached hydrogens (tertiary/aromatic N) is 3. The Morgan fingerprint density at radius 3 is 2.33 bits per heavy atom. The van der Waals surface area contributed by atoms with E-state index in [1.54, 1.807) is 11.6 Å². The lowest BCUT2D eigenvalue weighted by Gasteiger charge is -2.07. The van der Waals surface area contributed by atoms with Gasteiger partial charge in [0.25, 0.3) is 0 Å². The largest absolute Gasteiger partial charge is 0.345 e. The van der Waals surface area contributed by atoms with E-state index in [9.17, 15) is 4.79 Å². The van der Waals surface area contributed by atoms with E-state index in [-0.39, 0.29) is 11.7 Å². The summed E-state index contributed by atoms with van der Waals surface area (Å²) in [5, 5.41) is 7.11. The molecule has 0 fully saturated rings. The minimum Gasteiger partial charge on any atom is -0.313 e. The van der Waals surface area contributed by atoms with Gasteiger partial charge in [0.2, 0.25) is 0 Å². The fourth-order valence-corrected chi connectivity index (χ4v) is 1.33. The maximum atomic E-state index is 11.5. The number of hydrogen-bond acceptors (Lipinski definition) is 3. The molecule has 0 aliphatic heterocycles. The normalized spacial score (nSPS) is 10.1. The van der Waals surface area contributed by atoms with Crippen molar-refractivity contribution in [2.45, 2.75) is 40.3 Å². The fraction of sp³-hybridized carbons (Fsp3) is 0.800. The van der Waals surface area contributed by atoms with Crippen LogP contribution in [0.3, 0.4) is 0 Å². The molecule has 1 heterocycles. The van der Waals surface area contributed by atoms with E-state index in [2.05, 4.69) is 10.4 Å². The SMILES string of the molecule is CC.CNCc1nn(C)c(=O)n1C(C)C. The predicted octanol–water partition coefficient (Wildman–Crippen LogP) is 0.908. The second-order valence-electron chi connectivity index (χ2n) is 3.32. The number of nitrogens with one attached hydrogen (secondary N) is 1. The Morgan fingerprint density at radius 2 is 1.93 bits per heavy atom. The Kier molecular flexibility index (Phi) is 5.93. The van der Waals surface area contributed by atoms with Gasteiger partial charge in [-0.05, 0) is 20.9 Å². The van der Waals surface area contributed by atoms with Crippen LogP contribution in [0.5, 0.6) is 0 Å². The van der Waals surface area contributed by atoms with Crippen molar-refractivity contribution in [3.8, 4) is 0 Å². The lowest BCUT2D eigenvalue weighted by molar-refractivity contribution is 0.537. The van der Waals surface area contributed by atoms with Gasteiger partial charge in [0, 0.05) is 13.1 Å². The van der Waals surface area contributed by atoms with Crippen LogP contribution in [-0.2, 0) is 13.6 Å². The zero-order valence-corrected chi connectivity index (χ0v) is 10.5. The van der Waals surface area contributed by atoms with Gasteiger partial charge < -0.3 is 5.32 Å². The van der Waals surface area contributed by atoms with Crippen LogP contribution >= 0.6 is 0 Å². The van der Waals surface area contributed by atoms with E-state index in [1.807, 2.05) is 34.7 Å². The van der Waals surface area contributed by atoms with Crippen molar-refractivity contribution in [2.24, 2.45) is 7.05 Å². The van der Waals surface area contributed by atoms with Crippen molar-refractivity contribution in [3.05, 3.63) is 16.3 Å². The van der Waals surface area contributed by atoms with Crippen LogP contribution < -0.4 is 11.0 Å². The third-order valence-corrected chi connectivity index (χ3v) is 1.88. The highest BCUT2D eigenvalue weighted by Crippen LogP contribution is 2.02. The van der Waals surface area contributed by atoms with E-state index in [0.717, 1.165) is 5.82 Å². The highest BCUT2D eigenvalue weighted by atomic mass is 16.2. The van der Waals surface area contributed by atoms with Gasteiger partial charge in [-0.1, -0.05) is 13.8 Å². The Balaban J connectivity index is 0.000000921. The van der Waals surface area contributed by atoms with Gasteiger partial charge in [-0.3, -0.25) is 4.57 Å². The molecule has 1 N–H and O–H groups in total. The minimum absolute atomic E-state index is 0.0553. The monoisotopic (exact) mass is 214 g/mol. The summed E-state index contributed by atoms with van der Waals surface area (Å²) >= 11 is 0. The molecular formula is C10H22N4O. The molecule has 0 unspecified atom stereocenters. The molecule has 1 aromatic heterocycles. The van der Waals surface area contributed by atoms with Crippen molar-refractivity contribution in [1.82, 2.24) is 19.7 Å². The van der Waals surface area contributed by atoms with Gasteiger partial charge in [0.1, 0.15) is 5.82 Å². The Bertz CT molecular complexity index is 338. The fourth-order valence-electron chi connectivity index (χ4n) is 1.33. The summed E-state index contributed by atoms with van der Waals surface area (Å²) in [6.07, 6.45) is 0.